The Balaban J connectivity index is 2.50. The topological polar surface area (TPSA) is 41.6 Å². The molecule has 0 aliphatic carbocycles. The van der Waals surface area contributed by atoms with Crippen LogP contribution in [0.3, 0.4) is 0 Å². The summed E-state index contributed by atoms with van der Waals surface area (Å²) in [6.07, 6.45) is 0. The molecule has 5 heteroatoms. The molecule has 2 aromatic rings. The van der Waals surface area contributed by atoms with E-state index in [0.717, 1.165) is 38.2 Å². The van der Waals surface area contributed by atoms with Crippen LogP contribution in [-0.2, 0) is 0 Å². The largest absolute Gasteiger partial charge is 0.237 e. The van der Waals surface area contributed by atoms with Gasteiger partial charge in [-0.1, -0.05) is 15.9 Å². The standard InChI is InChI=1S/C12H10BrN3S/c1-8-12(17-7-14)9(2)16(15-8)11-5-3-10(13)4-6-11/h3-6H,1-2H3. The molecule has 0 saturated carbocycles. The Morgan fingerprint density at radius 3 is 2.53 bits per heavy atom. The summed E-state index contributed by atoms with van der Waals surface area (Å²) < 4.78 is 2.90. The van der Waals surface area contributed by atoms with Crippen molar-refractivity contribution in [3.63, 3.8) is 0 Å². The lowest BCUT2D eigenvalue weighted by atomic mass is 10.3. The summed E-state index contributed by atoms with van der Waals surface area (Å²) in [5.74, 6) is 0. The molecule has 3 nitrogen and oxygen atoms in total. The molecule has 0 unspecified atom stereocenters. The van der Waals surface area contributed by atoms with Gasteiger partial charge in [0.25, 0.3) is 0 Å². The van der Waals surface area contributed by atoms with Crippen molar-refractivity contribution < 1.29 is 0 Å². The minimum Gasteiger partial charge on any atom is -0.237 e. The van der Waals surface area contributed by atoms with Crippen LogP contribution in [0.5, 0.6) is 0 Å². The van der Waals surface area contributed by atoms with Crippen LogP contribution in [0.15, 0.2) is 33.6 Å². The number of nitriles is 1. The summed E-state index contributed by atoms with van der Waals surface area (Å²) in [6.45, 7) is 3.89. The van der Waals surface area contributed by atoms with Gasteiger partial charge in [0.2, 0.25) is 0 Å². The van der Waals surface area contributed by atoms with E-state index in [4.69, 9.17) is 5.26 Å². The molecule has 0 atom stereocenters. The van der Waals surface area contributed by atoms with Crippen LogP contribution in [0.1, 0.15) is 11.4 Å². The number of thiocyanates is 1. The van der Waals surface area contributed by atoms with Crippen LogP contribution in [0, 0.1) is 24.5 Å². The highest BCUT2D eigenvalue weighted by Crippen LogP contribution is 2.27. The second-order valence-electron chi connectivity index (χ2n) is 3.58. The zero-order valence-corrected chi connectivity index (χ0v) is 11.8. The lowest BCUT2D eigenvalue weighted by Gasteiger charge is -2.04. The molecule has 0 spiro atoms. The Labute approximate surface area is 113 Å². The van der Waals surface area contributed by atoms with Crippen LogP contribution in [0.2, 0.25) is 0 Å². The highest BCUT2D eigenvalue weighted by Gasteiger charge is 2.12. The second kappa shape index (κ2) is 4.94. The number of halogens is 1. The van der Waals surface area contributed by atoms with Crippen molar-refractivity contribution >= 4 is 27.7 Å². The van der Waals surface area contributed by atoms with Crippen LogP contribution < -0.4 is 0 Å². The summed E-state index contributed by atoms with van der Waals surface area (Å²) in [5.41, 5.74) is 2.88. The van der Waals surface area contributed by atoms with Gasteiger partial charge < -0.3 is 0 Å². The molecule has 0 radical (unpaired) electrons. The summed E-state index contributed by atoms with van der Waals surface area (Å²) in [5, 5.41) is 15.3. The monoisotopic (exact) mass is 307 g/mol. The third kappa shape index (κ3) is 2.38. The van der Waals surface area contributed by atoms with Gasteiger partial charge >= 0.3 is 0 Å². The second-order valence-corrected chi connectivity index (χ2v) is 5.29. The maximum absolute atomic E-state index is 8.75. The quantitative estimate of drug-likeness (QED) is 0.625. The number of hydrogen-bond donors (Lipinski definition) is 0. The molecule has 0 amide bonds. The van der Waals surface area contributed by atoms with E-state index in [-0.39, 0.29) is 0 Å². The van der Waals surface area contributed by atoms with E-state index in [0.29, 0.717) is 0 Å². The third-order valence-corrected chi connectivity index (χ3v) is 3.86. The first-order valence-electron chi connectivity index (χ1n) is 5.01. The van der Waals surface area contributed by atoms with E-state index in [1.807, 2.05) is 42.8 Å². The van der Waals surface area contributed by atoms with Gasteiger partial charge in [-0.2, -0.15) is 10.4 Å². The third-order valence-electron chi connectivity index (χ3n) is 2.44. The number of rotatable bonds is 2. The fraction of sp³-hybridized carbons (Fsp3) is 0.167. The van der Waals surface area contributed by atoms with Gasteiger partial charge in [-0.15, -0.1) is 0 Å². The summed E-state index contributed by atoms with van der Waals surface area (Å²) in [4.78, 5) is 0.940. The zero-order chi connectivity index (χ0) is 12.4. The Kier molecular flexibility index (Phi) is 3.55. The number of thioether (sulfide) groups is 1. The van der Waals surface area contributed by atoms with Gasteiger partial charge in [-0.3, -0.25) is 0 Å². The number of hydrogen-bond acceptors (Lipinski definition) is 3. The minimum atomic E-state index is 0.886. The zero-order valence-electron chi connectivity index (χ0n) is 9.44. The molecular formula is C12H10BrN3S. The van der Waals surface area contributed by atoms with E-state index >= 15 is 0 Å². The van der Waals surface area contributed by atoms with Crippen LogP contribution in [0.4, 0.5) is 0 Å². The number of nitrogens with zero attached hydrogens (tertiary/aromatic N) is 3. The van der Waals surface area contributed by atoms with Gasteiger partial charge in [0.15, 0.2) is 0 Å². The lowest BCUT2D eigenvalue weighted by Crippen LogP contribution is -1.98. The predicted octanol–water partition coefficient (Wildman–Crippen LogP) is 3.82. The maximum Gasteiger partial charge on any atom is 0.138 e. The minimum absolute atomic E-state index is 0.886. The van der Waals surface area contributed by atoms with Crippen molar-refractivity contribution in [3.8, 4) is 11.1 Å². The number of aryl methyl sites for hydroxylation is 1. The SMILES string of the molecule is Cc1nn(-c2ccc(Br)cc2)c(C)c1SC#N. The van der Waals surface area contributed by atoms with Crippen molar-refractivity contribution in [1.29, 1.82) is 5.26 Å². The molecule has 0 N–H and O–H groups in total. The Morgan fingerprint density at radius 1 is 1.29 bits per heavy atom. The van der Waals surface area contributed by atoms with Gasteiger partial charge in [0.05, 0.1) is 22.0 Å². The molecule has 2 rings (SSSR count). The fourth-order valence-electron chi connectivity index (χ4n) is 1.66. The molecule has 1 aromatic heterocycles. The Hall–Kier alpha value is -1.25. The maximum atomic E-state index is 8.75. The fourth-order valence-corrected chi connectivity index (χ4v) is 2.43. The first-order chi connectivity index (χ1) is 8.13. The molecule has 17 heavy (non-hydrogen) atoms. The summed E-state index contributed by atoms with van der Waals surface area (Å²) in [6, 6.07) is 7.93. The average molecular weight is 308 g/mol. The molecule has 1 aromatic carbocycles. The van der Waals surface area contributed by atoms with Gasteiger partial charge in [-0.25, -0.2) is 4.68 Å². The average Bonchev–Trinajstić information content (AvgIpc) is 2.59. The predicted molar refractivity (Wildman–Crippen MR) is 72.2 cm³/mol. The van der Waals surface area contributed by atoms with Gasteiger partial charge in [-0.05, 0) is 49.9 Å². The van der Waals surface area contributed by atoms with Crippen LogP contribution >= 0.6 is 27.7 Å². The highest BCUT2D eigenvalue weighted by molar-refractivity contribution is 9.10. The Bertz CT molecular complexity index is 581. The molecule has 86 valence electrons. The van der Waals surface area contributed by atoms with E-state index in [9.17, 15) is 0 Å². The summed E-state index contributed by atoms with van der Waals surface area (Å²) in [7, 11) is 0. The van der Waals surface area contributed by atoms with Crippen molar-refractivity contribution in [2.45, 2.75) is 18.7 Å². The highest BCUT2D eigenvalue weighted by atomic mass is 79.9. The molecule has 0 aliphatic heterocycles. The van der Waals surface area contributed by atoms with E-state index in [2.05, 4.69) is 26.4 Å². The van der Waals surface area contributed by atoms with Crippen LogP contribution in [0.25, 0.3) is 5.69 Å². The van der Waals surface area contributed by atoms with E-state index in [1.54, 1.807) is 0 Å². The number of benzene rings is 1. The lowest BCUT2D eigenvalue weighted by molar-refractivity contribution is 0.832. The van der Waals surface area contributed by atoms with Crippen molar-refractivity contribution in [2.75, 3.05) is 0 Å². The first-order valence-corrected chi connectivity index (χ1v) is 6.62. The van der Waals surface area contributed by atoms with Crippen LogP contribution in [-0.4, -0.2) is 9.78 Å². The molecule has 0 saturated heterocycles. The Morgan fingerprint density at radius 2 is 1.94 bits per heavy atom. The first kappa shape index (κ1) is 12.2. The van der Waals surface area contributed by atoms with Gasteiger partial charge in [0.1, 0.15) is 5.40 Å². The molecular weight excluding hydrogens is 298 g/mol. The van der Waals surface area contributed by atoms with Crippen molar-refractivity contribution in [2.24, 2.45) is 0 Å². The molecule has 0 bridgehead atoms. The number of aromatic nitrogens is 2. The molecule has 0 aliphatic rings. The smallest absolute Gasteiger partial charge is 0.138 e. The van der Waals surface area contributed by atoms with Crippen molar-refractivity contribution in [3.05, 3.63) is 40.1 Å². The van der Waals surface area contributed by atoms with E-state index in [1.165, 1.54) is 0 Å². The normalized spacial score (nSPS) is 10.2. The molecule has 0 fully saturated rings. The molecule has 1 heterocycles. The van der Waals surface area contributed by atoms with E-state index < -0.39 is 0 Å². The summed E-state index contributed by atoms with van der Waals surface area (Å²) >= 11 is 4.56. The van der Waals surface area contributed by atoms with Crippen molar-refractivity contribution in [1.82, 2.24) is 9.78 Å². The van der Waals surface area contributed by atoms with Gasteiger partial charge in [0, 0.05) is 4.47 Å².